The summed E-state index contributed by atoms with van der Waals surface area (Å²) in [6.45, 7) is 0. The number of nitro groups is 1. The zero-order valence-electron chi connectivity index (χ0n) is 17.9. The first-order chi connectivity index (χ1) is 16.4. The number of esters is 1. The molecule has 4 aromatic rings. The highest BCUT2D eigenvalue weighted by atomic mass is 16.6. The van der Waals surface area contributed by atoms with Crippen molar-refractivity contribution in [2.75, 3.05) is 12.4 Å². The monoisotopic (exact) mass is 458 g/mol. The molecule has 0 unspecified atom stereocenters. The summed E-state index contributed by atoms with van der Waals surface area (Å²) in [6.07, 6.45) is 1.55. The number of amides is 1. The fourth-order valence-electron chi connectivity index (χ4n) is 3.10. The molecule has 0 saturated carbocycles. The van der Waals surface area contributed by atoms with Crippen LogP contribution in [0, 0.1) is 10.1 Å². The molecule has 1 aromatic heterocycles. The van der Waals surface area contributed by atoms with Crippen molar-refractivity contribution in [2.24, 2.45) is 0 Å². The number of hydrogen-bond donors (Lipinski definition) is 1. The number of benzene rings is 3. The molecule has 0 aliphatic heterocycles. The number of carbonyl (C=O) groups excluding carboxylic acids is 2. The Hall–Kier alpha value is -4.99. The lowest BCUT2D eigenvalue weighted by Gasteiger charge is -2.09. The molecule has 170 valence electrons. The number of nitro benzene ring substituents is 1. The van der Waals surface area contributed by atoms with Crippen LogP contribution in [0.1, 0.15) is 20.8 Å². The number of ether oxygens (including phenoxy) is 2. The highest BCUT2D eigenvalue weighted by Gasteiger charge is 2.15. The number of carbonyl (C=O) groups is 2. The molecule has 0 saturated heterocycles. The summed E-state index contributed by atoms with van der Waals surface area (Å²) >= 11 is 0. The molecule has 3 aromatic carbocycles. The van der Waals surface area contributed by atoms with Crippen LogP contribution < -0.4 is 14.8 Å². The van der Waals surface area contributed by atoms with Crippen LogP contribution in [0.4, 0.5) is 11.4 Å². The van der Waals surface area contributed by atoms with E-state index in [1.54, 1.807) is 54.7 Å². The van der Waals surface area contributed by atoms with Crippen molar-refractivity contribution in [1.82, 2.24) is 9.78 Å². The van der Waals surface area contributed by atoms with Gasteiger partial charge in [0, 0.05) is 24.0 Å². The Morgan fingerprint density at radius 3 is 2.35 bits per heavy atom. The fraction of sp³-hybridized carbons (Fsp3) is 0.0417. The van der Waals surface area contributed by atoms with Crippen LogP contribution >= 0.6 is 0 Å². The number of nitrogens with zero attached hydrogens (tertiary/aromatic N) is 3. The van der Waals surface area contributed by atoms with Gasteiger partial charge in [-0.2, -0.15) is 5.10 Å². The van der Waals surface area contributed by atoms with Gasteiger partial charge in [0.1, 0.15) is 11.5 Å². The summed E-state index contributed by atoms with van der Waals surface area (Å²) in [5.41, 5.74) is 1.48. The third-order valence-corrected chi connectivity index (χ3v) is 4.80. The summed E-state index contributed by atoms with van der Waals surface area (Å²) < 4.78 is 12.0. The van der Waals surface area contributed by atoms with Crippen molar-refractivity contribution in [3.05, 3.63) is 106 Å². The van der Waals surface area contributed by atoms with Crippen LogP contribution in [0.3, 0.4) is 0 Å². The van der Waals surface area contributed by atoms with E-state index >= 15 is 0 Å². The lowest BCUT2D eigenvalue weighted by Crippen LogP contribution is -2.13. The van der Waals surface area contributed by atoms with Crippen molar-refractivity contribution >= 4 is 23.3 Å². The van der Waals surface area contributed by atoms with E-state index in [0.29, 0.717) is 22.7 Å². The first-order valence-electron chi connectivity index (χ1n) is 10.0. The van der Waals surface area contributed by atoms with Gasteiger partial charge < -0.3 is 14.8 Å². The van der Waals surface area contributed by atoms with Crippen molar-refractivity contribution in [1.29, 1.82) is 0 Å². The van der Waals surface area contributed by atoms with E-state index in [1.807, 2.05) is 0 Å². The van der Waals surface area contributed by atoms with Gasteiger partial charge in [-0.3, -0.25) is 14.9 Å². The van der Waals surface area contributed by atoms with Gasteiger partial charge in [0.05, 0.1) is 23.3 Å². The molecular formula is C24H18N4O6. The molecule has 0 bridgehead atoms. The number of methoxy groups -OCH3 is 1. The number of aromatic nitrogens is 2. The van der Waals surface area contributed by atoms with Gasteiger partial charge >= 0.3 is 5.97 Å². The molecule has 10 nitrogen and oxygen atoms in total. The maximum Gasteiger partial charge on any atom is 0.364 e. The van der Waals surface area contributed by atoms with E-state index in [-0.39, 0.29) is 23.0 Å². The van der Waals surface area contributed by atoms with E-state index in [1.165, 1.54) is 42.1 Å². The van der Waals surface area contributed by atoms with Crippen LogP contribution in [0.5, 0.6) is 11.5 Å². The quantitative estimate of drug-likeness (QED) is 0.190. The van der Waals surface area contributed by atoms with Gasteiger partial charge in [-0.25, -0.2) is 9.48 Å². The first-order valence-corrected chi connectivity index (χ1v) is 10.0. The zero-order chi connectivity index (χ0) is 24.1. The second-order valence-electron chi connectivity index (χ2n) is 6.99. The Morgan fingerprint density at radius 2 is 1.68 bits per heavy atom. The maximum absolute atomic E-state index is 12.5. The topological polar surface area (TPSA) is 126 Å². The molecule has 0 radical (unpaired) electrons. The van der Waals surface area contributed by atoms with Crippen LogP contribution in [0.25, 0.3) is 5.69 Å². The van der Waals surface area contributed by atoms with Crippen molar-refractivity contribution in [3.8, 4) is 17.2 Å². The van der Waals surface area contributed by atoms with Gasteiger partial charge in [0.25, 0.3) is 11.6 Å². The summed E-state index contributed by atoms with van der Waals surface area (Å²) in [5.74, 6) is -0.283. The van der Waals surface area contributed by atoms with Gasteiger partial charge in [-0.1, -0.05) is 12.1 Å². The van der Waals surface area contributed by atoms with Crippen LogP contribution in [0.2, 0.25) is 0 Å². The summed E-state index contributed by atoms with van der Waals surface area (Å²) in [7, 11) is 1.49. The lowest BCUT2D eigenvalue weighted by atomic mass is 10.2. The summed E-state index contributed by atoms with van der Waals surface area (Å²) in [4.78, 5) is 35.2. The molecule has 1 heterocycles. The number of rotatable bonds is 7. The summed E-state index contributed by atoms with van der Waals surface area (Å²) in [5, 5.41) is 17.7. The van der Waals surface area contributed by atoms with Crippen LogP contribution in [-0.4, -0.2) is 33.7 Å². The second kappa shape index (κ2) is 9.65. The third kappa shape index (κ3) is 4.91. The van der Waals surface area contributed by atoms with E-state index in [2.05, 4.69) is 10.4 Å². The lowest BCUT2D eigenvalue weighted by molar-refractivity contribution is -0.384. The minimum absolute atomic E-state index is 0.0434. The largest absolute Gasteiger partial charge is 0.496 e. The van der Waals surface area contributed by atoms with E-state index in [4.69, 9.17) is 9.47 Å². The highest BCUT2D eigenvalue weighted by Crippen LogP contribution is 2.21. The van der Waals surface area contributed by atoms with Crippen molar-refractivity contribution < 1.29 is 24.0 Å². The molecular weight excluding hydrogens is 440 g/mol. The smallest absolute Gasteiger partial charge is 0.364 e. The Labute approximate surface area is 193 Å². The second-order valence-corrected chi connectivity index (χ2v) is 6.99. The molecule has 1 N–H and O–H groups in total. The van der Waals surface area contributed by atoms with E-state index in [9.17, 15) is 19.7 Å². The average Bonchev–Trinajstić information content (AvgIpc) is 3.36. The fourth-order valence-corrected chi connectivity index (χ4v) is 3.10. The average molecular weight is 458 g/mol. The number of non-ortho nitro benzene ring substituents is 1. The molecule has 4 rings (SSSR count). The Kier molecular flexibility index (Phi) is 6.31. The molecule has 0 atom stereocenters. The minimum atomic E-state index is -0.675. The number of para-hydroxylation sites is 1. The number of anilines is 1. The van der Waals surface area contributed by atoms with Gasteiger partial charge in [-0.05, 0) is 54.6 Å². The van der Waals surface area contributed by atoms with E-state index < -0.39 is 10.9 Å². The standard InChI is InChI=1S/C24H18N4O6/c1-33-22-5-3-2-4-20(22)23(29)25-16-6-12-19(13-7-16)34-24(30)21-14-15-27(26-21)17-8-10-18(11-9-17)28(31)32/h2-15H,1H3,(H,25,29). The van der Waals surface area contributed by atoms with Crippen molar-refractivity contribution in [3.63, 3.8) is 0 Å². The normalized spacial score (nSPS) is 10.4. The van der Waals surface area contributed by atoms with Gasteiger partial charge in [-0.15, -0.1) is 0 Å². The highest BCUT2D eigenvalue weighted by molar-refractivity contribution is 6.06. The predicted octanol–water partition coefficient (Wildman–Crippen LogP) is 4.26. The number of hydrogen-bond acceptors (Lipinski definition) is 7. The minimum Gasteiger partial charge on any atom is -0.496 e. The number of nitrogens with one attached hydrogen (secondary N) is 1. The molecule has 0 aliphatic carbocycles. The van der Waals surface area contributed by atoms with Crippen LogP contribution in [-0.2, 0) is 0 Å². The SMILES string of the molecule is COc1ccccc1C(=O)Nc1ccc(OC(=O)c2ccn(-c3ccc([N+](=O)[O-])cc3)n2)cc1. The Balaban J connectivity index is 1.39. The maximum atomic E-state index is 12.5. The first kappa shape index (κ1) is 22.2. The summed E-state index contributed by atoms with van der Waals surface area (Å²) in [6, 6.07) is 20.4. The third-order valence-electron chi connectivity index (χ3n) is 4.80. The Bertz CT molecular complexity index is 1350. The predicted molar refractivity (Wildman–Crippen MR) is 123 cm³/mol. The zero-order valence-corrected chi connectivity index (χ0v) is 17.9. The molecule has 0 spiro atoms. The molecule has 0 fully saturated rings. The Morgan fingerprint density at radius 1 is 0.971 bits per heavy atom. The van der Waals surface area contributed by atoms with E-state index in [0.717, 1.165) is 0 Å². The molecule has 1 amide bonds. The van der Waals surface area contributed by atoms with Gasteiger partial charge in [0.15, 0.2) is 5.69 Å². The molecule has 0 aliphatic rings. The molecule has 10 heteroatoms. The van der Waals surface area contributed by atoms with Crippen molar-refractivity contribution in [2.45, 2.75) is 0 Å². The van der Waals surface area contributed by atoms with Gasteiger partial charge in [0.2, 0.25) is 0 Å². The molecule has 34 heavy (non-hydrogen) atoms. The van der Waals surface area contributed by atoms with Crippen LogP contribution in [0.15, 0.2) is 85.1 Å².